The minimum absolute atomic E-state index is 0.0155. The standard InChI is InChI=1S/C19H34N4O2/c1-4-21-13-8-19(17(24)22-10-5-6-11-22)9-14-23(12-7-16(19)21)18(25)20-15(2)3/h15-16H,4-14H2,1-3H3,(H,20,25)/t16-,19-/m1/s1. The molecule has 2 atom stereocenters. The molecule has 25 heavy (non-hydrogen) atoms. The van der Waals surface area contributed by atoms with Gasteiger partial charge in [-0.1, -0.05) is 6.92 Å². The molecule has 0 aromatic carbocycles. The fourth-order valence-corrected chi connectivity index (χ4v) is 5.00. The molecule has 3 aliphatic rings. The van der Waals surface area contributed by atoms with Gasteiger partial charge in [-0.05, 0) is 59.0 Å². The molecule has 3 heterocycles. The van der Waals surface area contributed by atoms with Crippen LogP contribution >= 0.6 is 0 Å². The smallest absolute Gasteiger partial charge is 0.317 e. The number of amides is 3. The van der Waals surface area contributed by atoms with Gasteiger partial charge in [-0.25, -0.2) is 4.79 Å². The first-order valence-electron chi connectivity index (χ1n) is 10.1. The summed E-state index contributed by atoms with van der Waals surface area (Å²) in [6.45, 7) is 11.4. The number of nitrogens with one attached hydrogen (secondary N) is 1. The zero-order valence-corrected chi connectivity index (χ0v) is 16.1. The van der Waals surface area contributed by atoms with Gasteiger partial charge in [0.1, 0.15) is 0 Å². The molecule has 142 valence electrons. The molecule has 6 nitrogen and oxygen atoms in total. The summed E-state index contributed by atoms with van der Waals surface area (Å²) >= 11 is 0. The van der Waals surface area contributed by atoms with E-state index in [0.29, 0.717) is 12.5 Å². The second kappa shape index (κ2) is 7.52. The van der Waals surface area contributed by atoms with E-state index in [-0.39, 0.29) is 23.5 Å². The lowest BCUT2D eigenvalue weighted by Crippen LogP contribution is -2.50. The van der Waals surface area contributed by atoms with Gasteiger partial charge in [0.25, 0.3) is 0 Å². The van der Waals surface area contributed by atoms with Crippen molar-refractivity contribution < 1.29 is 9.59 Å². The summed E-state index contributed by atoms with van der Waals surface area (Å²) in [5, 5.41) is 3.01. The molecule has 0 unspecified atom stereocenters. The molecule has 0 aliphatic carbocycles. The Kier molecular flexibility index (Phi) is 5.56. The van der Waals surface area contributed by atoms with Gasteiger partial charge < -0.3 is 15.1 Å². The summed E-state index contributed by atoms with van der Waals surface area (Å²) in [6, 6.07) is 0.437. The largest absolute Gasteiger partial charge is 0.342 e. The molecule has 0 aromatic rings. The van der Waals surface area contributed by atoms with Gasteiger partial charge in [-0.15, -0.1) is 0 Å². The summed E-state index contributed by atoms with van der Waals surface area (Å²) in [4.78, 5) is 32.4. The Labute approximate surface area is 151 Å². The number of carbonyl (C=O) groups excluding carboxylic acids is 2. The van der Waals surface area contributed by atoms with E-state index in [4.69, 9.17) is 0 Å². The summed E-state index contributed by atoms with van der Waals surface area (Å²) in [7, 11) is 0. The molecule has 3 rings (SSSR count). The van der Waals surface area contributed by atoms with Gasteiger partial charge in [0, 0.05) is 38.3 Å². The Morgan fingerprint density at radius 2 is 1.72 bits per heavy atom. The predicted octanol–water partition coefficient (Wildman–Crippen LogP) is 1.90. The Morgan fingerprint density at radius 3 is 2.36 bits per heavy atom. The molecule has 6 heteroatoms. The van der Waals surface area contributed by atoms with Gasteiger partial charge >= 0.3 is 6.03 Å². The van der Waals surface area contributed by atoms with E-state index >= 15 is 0 Å². The average molecular weight is 351 g/mol. The van der Waals surface area contributed by atoms with Crippen LogP contribution in [0.2, 0.25) is 0 Å². The Hall–Kier alpha value is -1.30. The molecule has 0 bridgehead atoms. The lowest BCUT2D eigenvalue weighted by Gasteiger charge is -2.38. The van der Waals surface area contributed by atoms with Crippen LogP contribution in [0.4, 0.5) is 4.79 Å². The third kappa shape index (κ3) is 3.50. The zero-order chi connectivity index (χ0) is 18.0. The third-order valence-corrected chi connectivity index (χ3v) is 6.35. The van der Waals surface area contributed by atoms with Crippen molar-refractivity contribution in [3.63, 3.8) is 0 Å². The lowest BCUT2D eigenvalue weighted by atomic mass is 9.75. The molecule has 3 aliphatic heterocycles. The van der Waals surface area contributed by atoms with E-state index in [9.17, 15) is 9.59 Å². The van der Waals surface area contributed by atoms with Crippen molar-refractivity contribution >= 4 is 11.9 Å². The first-order chi connectivity index (χ1) is 12.0. The van der Waals surface area contributed by atoms with E-state index in [1.807, 2.05) is 18.7 Å². The van der Waals surface area contributed by atoms with Gasteiger partial charge in [0.2, 0.25) is 5.91 Å². The van der Waals surface area contributed by atoms with Crippen LogP contribution in [0.15, 0.2) is 0 Å². The highest BCUT2D eigenvalue weighted by molar-refractivity contribution is 5.84. The highest BCUT2D eigenvalue weighted by Crippen LogP contribution is 2.45. The minimum Gasteiger partial charge on any atom is -0.342 e. The van der Waals surface area contributed by atoms with Crippen molar-refractivity contribution in [2.75, 3.05) is 39.3 Å². The number of hydrogen-bond acceptors (Lipinski definition) is 3. The van der Waals surface area contributed by atoms with Gasteiger partial charge in [0.15, 0.2) is 0 Å². The first-order valence-corrected chi connectivity index (χ1v) is 10.1. The summed E-state index contributed by atoms with van der Waals surface area (Å²) < 4.78 is 0. The van der Waals surface area contributed by atoms with Crippen molar-refractivity contribution in [2.24, 2.45) is 5.41 Å². The molecule has 3 amide bonds. The van der Waals surface area contributed by atoms with Crippen LogP contribution < -0.4 is 5.32 Å². The van der Waals surface area contributed by atoms with Crippen molar-refractivity contribution in [3.8, 4) is 0 Å². The Balaban J connectivity index is 1.79. The normalized spacial score (nSPS) is 30.5. The highest BCUT2D eigenvalue weighted by atomic mass is 16.2. The summed E-state index contributed by atoms with van der Waals surface area (Å²) in [5.41, 5.74) is -0.285. The maximum absolute atomic E-state index is 13.5. The number of hydrogen-bond donors (Lipinski definition) is 1. The van der Waals surface area contributed by atoms with Crippen LogP contribution in [0.1, 0.15) is 52.9 Å². The van der Waals surface area contributed by atoms with E-state index in [0.717, 1.165) is 64.8 Å². The van der Waals surface area contributed by atoms with E-state index in [1.165, 1.54) is 0 Å². The summed E-state index contributed by atoms with van der Waals surface area (Å²) in [5.74, 6) is 0.358. The number of carbonyl (C=O) groups is 2. The number of nitrogens with zero attached hydrogens (tertiary/aromatic N) is 3. The van der Waals surface area contributed by atoms with Crippen LogP contribution in [0.25, 0.3) is 0 Å². The maximum Gasteiger partial charge on any atom is 0.317 e. The van der Waals surface area contributed by atoms with Crippen LogP contribution in [0, 0.1) is 5.41 Å². The van der Waals surface area contributed by atoms with Crippen molar-refractivity contribution in [1.82, 2.24) is 20.0 Å². The minimum atomic E-state index is -0.285. The number of likely N-dealkylation sites (tertiary alicyclic amines) is 3. The maximum atomic E-state index is 13.5. The molecule has 0 radical (unpaired) electrons. The van der Waals surface area contributed by atoms with Crippen molar-refractivity contribution in [2.45, 2.75) is 65.0 Å². The van der Waals surface area contributed by atoms with Crippen molar-refractivity contribution in [1.29, 1.82) is 0 Å². The molecule has 3 saturated heterocycles. The van der Waals surface area contributed by atoms with Gasteiger partial charge in [-0.2, -0.15) is 0 Å². The number of urea groups is 1. The second-order valence-corrected chi connectivity index (χ2v) is 8.18. The van der Waals surface area contributed by atoms with Crippen LogP contribution in [0.5, 0.6) is 0 Å². The molecule has 0 saturated carbocycles. The second-order valence-electron chi connectivity index (χ2n) is 8.18. The molecular weight excluding hydrogens is 316 g/mol. The SMILES string of the molecule is CCN1CC[C@@]2(C(=O)N3CCCC3)CCN(C(=O)NC(C)C)CC[C@@H]12. The number of fused-ring (bicyclic) bond motifs is 1. The van der Waals surface area contributed by atoms with Crippen molar-refractivity contribution in [3.05, 3.63) is 0 Å². The Morgan fingerprint density at radius 1 is 1.04 bits per heavy atom. The van der Waals surface area contributed by atoms with E-state index in [2.05, 4.69) is 22.0 Å². The van der Waals surface area contributed by atoms with E-state index < -0.39 is 0 Å². The lowest BCUT2D eigenvalue weighted by molar-refractivity contribution is -0.143. The molecule has 1 N–H and O–H groups in total. The fraction of sp³-hybridized carbons (Fsp3) is 0.895. The quantitative estimate of drug-likeness (QED) is 0.846. The molecule has 0 spiro atoms. The number of rotatable bonds is 3. The Bertz CT molecular complexity index is 504. The third-order valence-electron chi connectivity index (χ3n) is 6.35. The summed E-state index contributed by atoms with van der Waals surface area (Å²) in [6.07, 6.45) is 4.91. The predicted molar refractivity (Wildman–Crippen MR) is 98.4 cm³/mol. The molecule has 0 aromatic heterocycles. The van der Waals surface area contributed by atoms with Crippen LogP contribution in [-0.4, -0.2) is 78.0 Å². The average Bonchev–Trinajstić information content (AvgIpc) is 3.18. The topological polar surface area (TPSA) is 55.9 Å². The fourth-order valence-electron chi connectivity index (χ4n) is 5.00. The van der Waals surface area contributed by atoms with E-state index in [1.54, 1.807) is 0 Å². The monoisotopic (exact) mass is 350 g/mol. The highest BCUT2D eigenvalue weighted by Gasteiger charge is 2.54. The van der Waals surface area contributed by atoms with Gasteiger partial charge in [-0.3, -0.25) is 9.69 Å². The first kappa shape index (κ1) is 18.5. The molecular formula is C19H34N4O2. The molecule has 3 fully saturated rings. The van der Waals surface area contributed by atoms with Crippen LogP contribution in [0.3, 0.4) is 0 Å². The zero-order valence-electron chi connectivity index (χ0n) is 16.1. The van der Waals surface area contributed by atoms with Crippen LogP contribution in [-0.2, 0) is 4.79 Å². The van der Waals surface area contributed by atoms with Gasteiger partial charge in [0.05, 0.1) is 5.41 Å².